The van der Waals surface area contributed by atoms with Crippen LogP contribution < -0.4 is 4.72 Å². The number of amides is 1. The Morgan fingerprint density at radius 2 is 2.03 bits per heavy atom. The Hall–Kier alpha value is -1.48. The Bertz CT molecular complexity index is 892. The first-order chi connectivity index (χ1) is 14.8. The van der Waals surface area contributed by atoms with Gasteiger partial charge in [-0.05, 0) is 82.8 Å². The molecular formula is C23H35N3O4S. The first-order valence-corrected chi connectivity index (χ1v) is 13.0. The van der Waals surface area contributed by atoms with E-state index in [4.69, 9.17) is 4.74 Å². The zero-order chi connectivity index (χ0) is 22.1. The lowest BCUT2D eigenvalue weighted by Crippen LogP contribution is -2.58. The van der Waals surface area contributed by atoms with Gasteiger partial charge in [-0.15, -0.1) is 0 Å². The third-order valence-corrected chi connectivity index (χ3v) is 8.85. The first kappa shape index (κ1) is 22.7. The topological polar surface area (TPSA) is 79.0 Å². The minimum Gasteiger partial charge on any atom is -0.375 e. The maximum Gasteiger partial charge on any atom is 0.240 e. The molecule has 1 spiro atoms. The molecule has 3 atom stereocenters. The molecule has 4 rings (SSSR count). The van der Waals surface area contributed by atoms with Crippen molar-refractivity contribution in [3.8, 4) is 0 Å². The summed E-state index contributed by atoms with van der Waals surface area (Å²) in [6.45, 7) is 3.06. The third-order valence-electron chi connectivity index (χ3n) is 7.44. The number of nitrogens with one attached hydrogen (secondary N) is 1. The van der Waals surface area contributed by atoms with E-state index in [1.165, 1.54) is 19.9 Å². The van der Waals surface area contributed by atoms with E-state index in [0.717, 1.165) is 57.4 Å². The van der Waals surface area contributed by atoms with Gasteiger partial charge < -0.3 is 9.64 Å². The van der Waals surface area contributed by atoms with E-state index in [0.29, 0.717) is 6.04 Å². The van der Waals surface area contributed by atoms with Crippen molar-refractivity contribution in [1.82, 2.24) is 14.5 Å². The number of hydrogen-bond donors (Lipinski definition) is 1. The average molecular weight is 450 g/mol. The van der Waals surface area contributed by atoms with E-state index in [2.05, 4.69) is 9.62 Å². The quantitative estimate of drug-likeness (QED) is 0.720. The fourth-order valence-corrected chi connectivity index (χ4v) is 6.46. The summed E-state index contributed by atoms with van der Waals surface area (Å²) < 4.78 is 32.8. The van der Waals surface area contributed by atoms with Crippen LogP contribution in [0.2, 0.25) is 0 Å². The number of carbonyl (C=O) groups is 1. The molecule has 0 unspecified atom stereocenters. The van der Waals surface area contributed by atoms with Crippen LogP contribution in [0.25, 0.3) is 0 Å². The lowest BCUT2D eigenvalue weighted by Gasteiger charge is -2.48. The Morgan fingerprint density at radius 1 is 1.26 bits per heavy atom. The van der Waals surface area contributed by atoms with E-state index in [1.807, 2.05) is 18.0 Å². The highest BCUT2D eigenvalue weighted by molar-refractivity contribution is 7.89. The predicted octanol–water partition coefficient (Wildman–Crippen LogP) is 2.16. The van der Waals surface area contributed by atoms with Gasteiger partial charge in [0.1, 0.15) is 0 Å². The normalized spacial score (nSPS) is 29.5. The number of hydrogen-bond acceptors (Lipinski definition) is 5. The van der Waals surface area contributed by atoms with Gasteiger partial charge >= 0.3 is 0 Å². The van der Waals surface area contributed by atoms with Gasteiger partial charge in [0.2, 0.25) is 15.9 Å². The van der Waals surface area contributed by atoms with E-state index >= 15 is 0 Å². The molecule has 1 amide bonds. The molecule has 1 aromatic rings. The summed E-state index contributed by atoms with van der Waals surface area (Å²) >= 11 is 0. The zero-order valence-corrected chi connectivity index (χ0v) is 19.5. The van der Waals surface area contributed by atoms with Crippen LogP contribution in [0.4, 0.5) is 0 Å². The average Bonchev–Trinajstić information content (AvgIpc) is 3.46. The molecular weight excluding hydrogens is 414 g/mol. The maximum absolute atomic E-state index is 13.2. The predicted molar refractivity (Wildman–Crippen MR) is 119 cm³/mol. The molecule has 0 radical (unpaired) electrons. The molecule has 3 fully saturated rings. The standard InChI is InChI=1S/C23H35N3O4S/c1-24-31(28,29)19-8-5-7-18(15-19)16-22(27)25(2)20-9-11-23(10-6-14-30-23)17-21(20)26-12-3-4-13-26/h5,7-8,15,20-21,24H,3-4,6,9-14,16-17H2,1-2H3/t20-,21-,23+/m0/s1. The number of ether oxygens (including phenoxy) is 1. The number of sulfonamides is 1. The minimum atomic E-state index is -3.53. The highest BCUT2D eigenvalue weighted by Crippen LogP contribution is 2.43. The van der Waals surface area contributed by atoms with E-state index in [9.17, 15) is 13.2 Å². The number of carbonyl (C=O) groups excluding carboxylic acids is 1. The maximum atomic E-state index is 13.2. The molecule has 0 aromatic heterocycles. The molecule has 172 valence electrons. The summed E-state index contributed by atoms with van der Waals surface area (Å²) in [5.41, 5.74) is 0.723. The number of rotatable bonds is 6. The van der Waals surface area contributed by atoms with Crippen LogP contribution in [0.15, 0.2) is 29.2 Å². The van der Waals surface area contributed by atoms with Crippen LogP contribution >= 0.6 is 0 Å². The fourth-order valence-electron chi connectivity index (χ4n) is 5.66. The van der Waals surface area contributed by atoms with Crippen molar-refractivity contribution in [2.24, 2.45) is 0 Å². The van der Waals surface area contributed by atoms with E-state index in [1.54, 1.807) is 18.2 Å². The minimum absolute atomic E-state index is 0.00346. The lowest BCUT2D eigenvalue weighted by atomic mass is 9.76. The molecule has 0 bridgehead atoms. The van der Waals surface area contributed by atoms with E-state index < -0.39 is 10.0 Å². The van der Waals surface area contributed by atoms with Crippen LogP contribution in [0.5, 0.6) is 0 Å². The van der Waals surface area contributed by atoms with Gasteiger partial charge in [0.15, 0.2) is 0 Å². The molecule has 2 heterocycles. The molecule has 1 N–H and O–H groups in total. The third kappa shape index (κ3) is 4.82. The van der Waals surface area contributed by atoms with Crippen molar-refractivity contribution in [3.05, 3.63) is 29.8 Å². The molecule has 7 nitrogen and oxygen atoms in total. The second-order valence-corrected chi connectivity index (χ2v) is 11.2. The van der Waals surface area contributed by atoms with Crippen LogP contribution in [0.1, 0.15) is 50.5 Å². The monoisotopic (exact) mass is 449 g/mol. The van der Waals surface area contributed by atoms with Gasteiger partial charge in [0.25, 0.3) is 0 Å². The van der Waals surface area contributed by atoms with Crippen molar-refractivity contribution in [2.75, 3.05) is 33.8 Å². The van der Waals surface area contributed by atoms with Crippen molar-refractivity contribution in [1.29, 1.82) is 0 Å². The van der Waals surface area contributed by atoms with Crippen LogP contribution in [-0.2, 0) is 26.0 Å². The second-order valence-electron chi connectivity index (χ2n) is 9.29. The van der Waals surface area contributed by atoms with Crippen molar-refractivity contribution < 1.29 is 17.9 Å². The van der Waals surface area contributed by atoms with Gasteiger partial charge in [-0.2, -0.15) is 0 Å². The summed E-state index contributed by atoms with van der Waals surface area (Å²) in [6, 6.07) is 7.17. The largest absolute Gasteiger partial charge is 0.375 e. The Labute approximate surface area is 186 Å². The van der Waals surface area contributed by atoms with Gasteiger partial charge in [-0.25, -0.2) is 13.1 Å². The SMILES string of the molecule is CNS(=O)(=O)c1cccc(CC(=O)N(C)[C@H]2CC[C@]3(CCCO3)C[C@@H]2N2CCCC2)c1. The molecule has 2 aliphatic heterocycles. The van der Waals surface area contributed by atoms with Gasteiger partial charge in [-0.3, -0.25) is 9.69 Å². The molecule has 1 aromatic carbocycles. The highest BCUT2D eigenvalue weighted by atomic mass is 32.2. The number of likely N-dealkylation sites (tertiary alicyclic amines) is 1. The molecule has 1 aliphatic carbocycles. The molecule has 3 aliphatic rings. The summed E-state index contributed by atoms with van der Waals surface area (Å²) in [5, 5.41) is 0. The summed E-state index contributed by atoms with van der Waals surface area (Å²) in [4.78, 5) is 17.9. The Kier molecular flexibility index (Phi) is 6.72. The molecule has 8 heteroatoms. The van der Waals surface area contributed by atoms with Gasteiger partial charge in [-0.1, -0.05) is 12.1 Å². The number of likely N-dealkylation sites (N-methyl/N-ethyl adjacent to an activating group) is 1. The number of nitrogens with zero attached hydrogens (tertiary/aromatic N) is 2. The molecule has 1 saturated carbocycles. The first-order valence-electron chi connectivity index (χ1n) is 11.5. The Balaban J connectivity index is 1.49. The van der Waals surface area contributed by atoms with Crippen LogP contribution in [0.3, 0.4) is 0 Å². The molecule has 31 heavy (non-hydrogen) atoms. The van der Waals surface area contributed by atoms with Gasteiger partial charge in [0, 0.05) is 25.7 Å². The van der Waals surface area contributed by atoms with Gasteiger partial charge in [0.05, 0.1) is 16.9 Å². The number of benzene rings is 1. The summed E-state index contributed by atoms with van der Waals surface area (Å²) in [7, 11) is -0.219. The Morgan fingerprint density at radius 3 is 2.71 bits per heavy atom. The van der Waals surface area contributed by atoms with Crippen molar-refractivity contribution in [3.63, 3.8) is 0 Å². The second kappa shape index (κ2) is 9.17. The van der Waals surface area contributed by atoms with Crippen molar-refractivity contribution >= 4 is 15.9 Å². The fraction of sp³-hybridized carbons (Fsp3) is 0.696. The highest BCUT2D eigenvalue weighted by Gasteiger charge is 2.47. The van der Waals surface area contributed by atoms with Crippen molar-refractivity contribution in [2.45, 2.75) is 73.9 Å². The van der Waals surface area contributed by atoms with Crippen LogP contribution in [-0.4, -0.2) is 75.6 Å². The molecule has 2 saturated heterocycles. The smallest absolute Gasteiger partial charge is 0.240 e. The van der Waals surface area contributed by atoms with E-state index in [-0.39, 0.29) is 28.9 Å². The zero-order valence-electron chi connectivity index (χ0n) is 18.7. The van der Waals surface area contributed by atoms with Crippen LogP contribution in [0, 0.1) is 0 Å². The summed E-state index contributed by atoms with van der Waals surface area (Å²) in [5.74, 6) is 0.0384. The lowest BCUT2D eigenvalue weighted by molar-refractivity contribution is -0.136. The summed E-state index contributed by atoms with van der Waals surface area (Å²) in [6.07, 6.45) is 7.89.